The Hall–Kier alpha value is -4.47. The Morgan fingerprint density at radius 3 is 2.14 bits per heavy atom. The summed E-state index contributed by atoms with van der Waals surface area (Å²) in [6.07, 6.45) is 3.66. The van der Waals surface area contributed by atoms with Crippen LogP contribution in [0.25, 0.3) is 11.2 Å². The van der Waals surface area contributed by atoms with Gasteiger partial charge >= 0.3 is 11.9 Å². The Bertz CT molecular complexity index is 1420. The van der Waals surface area contributed by atoms with E-state index in [9.17, 15) is 9.59 Å². The first-order valence-corrected chi connectivity index (χ1v) is 11.2. The third-order valence-corrected chi connectivity index (χ3v) is 6.41. The minimum absolute atomic E-state index is 0.0210. The van der Waals surface area contributed by atoms with Crippen LogP contribution in [-0.2, 0) is 9.47 Å². The van der Waals surface area contributed by atoms with E-state index in [1.165, 1.54) is 6.33 Å². The maximum Gasteiger partial charge on any atom is 0.338 e. The fourth-order valence-corrected chi connectivity index (χ4v) is 4.40. The Labute approximate surface area is 200 Å². The highest BCUT2D eigenvalue weighted by molar-refractivity contribution is 5.89. The van der Waals surface area contributed by atoms with Gasteiger partial charge in [-0.2, -0.15) is 0 Å². The van der Waals surface area contributed by atoms with Crippen LogP contribution in [0.2, 0.25) is 0 Å². The zero-order valence-corrected chi connectivity index (χ0v) is 18.8. The Morgan fingerprint density at radius 2 is 1.51 bits per heavy atom. The zero-order chi connectivity index (χ0) is 24.4. The Morgan fingerprint density at radius 1 is 0.914 bits per heavy atom. The summed E-state index contributed by atoms with van der Waals surface area (Å²) in [5.74, 6) is 4.77. The molecule has 4 aromatic rings. The summed E-state index contributed by atoms with van der Waals surface area (Å²) in [5.41, 5.74) is 1.91. The monoisotopic (exact) mass is 472 g/mol. The molecule has 2 aromatic heterocycles. The molecule has 178 valence electrons. The van der Waals surface area contributed by atoms with Crippen molar-refractivity contribution >= 4 is 23.1 Å². The van der Waals surface area contributed by atoms with Crippen molar-refractivity contribution in [1.29, 1.82) is 5.41 Å². The topological polar surface area (TPSA) is 138 Å². The molecule has 35 heavy (non-hydrogen) atoms. The van der Waals surface area contributed by atoms with Gasteiger partial charge in [0.05, 0.1) is 30.7 Å². The van der Waals surface area contributed by atoms with Gasteiger partial charge in [-0.3, -0.25) is 5.41 Å². The molecule has 2 heterocycles. The minimum atomic E-state index is -0.414. The standard InChI is InChI=1S/C25H24N6O4/c26-22-21-23(29-15-31(22)27)30(14-28-21)20-11-18(12-34-24(32)16-7-3-1-4-8-16)19(20)13-35-25(33)17-9-5-2-6-10-17/h1-10,14-15,18-20,26H,11-13,27H2/t18-,19-,20-/m1/s1. The highest BCUT2D eigenvalue weighted by Gasteiger charge is 2.44. The molecule has 1 saturated carbocycles. The van der Waals surface area contributed by atoms with Crippen molar-refractivity contribution in [3.63, 3.8) is 0 Å². The number of carbonyl (C=O) groups excluding carboxylic acids is 2. The lowest BCUT2D eigenvalue weighted by atomic mass is 9.69. The molecule has 1 aliphatic rings. The van der Waals surface area contributed by atoms with Crippen LogP contribution in [0.3, 0.4) is 0 Å². The second-order valence-electron chi connectivity index (χ2n) is 8.48. The second kappa shape index (κ2) is 9.41. The number of nitrogens with one attached hydrogen (secondary N) is 1. The van der Waals surface area contributed by atoms with Gasteiger partial charge in [-0.1, -0.05) is 36.4 Å². The number of hydrogen-bond acceptors (Lipinski definition) is 8. The molecular formula is C25H24N6O4. The Kier molecular flexibility index (Phi) is 6.01. The van der Waals surface area contributed by atoms with Crippen LogP contribution >= 0.6 is 0 Å². The molecule has 10 heteroatoms. The van der Waals surface area contributed by atoms with E-state index >= 15 is 0 Å². The molecule has 10 nitrogen and oxygen atoms in total. The van der Waals surface area contributed by atoms with E-state index in [2.05, 4.69) is 9.97 Å². The third kappa shape index (κ3) is 4.37. The zero-order valence-electron chi connectivity index (χ0n) is 18.8. The molecule has 0 radical (unpaired) electrons. The first-order valence-electron chi connectivity index (χ1n) is 11.2. The average molecular weight is 473 g/mol. The molecule has 3 atom stereocenters. The van der Waals surface area contributed by atoms with Crippen LogP contribution < -0.4 is 11.3 Å². The number of nitrogens with zero attached hydrogens (tertiary/aromatic N) is 4. The number of benzene rings is 2. The summed E-state index contributed by atoms with van der Waals surface area (Å²) in [6, 6.07) is 17.5. The van der Waals surface area contributed by atoms with E-state index in [1.807, 2.05) is 16.7 Å². The van der Waals surface area contributed by atoms with Crippen molar-refractivity contribution in [2.75, 3.05) is 19.1 Å². The number of aromatic nitrogens is 4. The predicted octanol–water partition coefficient (Wildman–Crippen LogP) is 2.32. The van der Waals surface area contributed by atoms with Gasteiger partial charge in [-0.25, -0.2) is 24.2 Å². The molecule has 5 rings (SSSR count). The fourth-order valence-electron chi connectivity index (χ4n) is 4.40. The van der Waals surface area contributed by atoms with E-state index in [-0.39, 0.29) is 36.6 Å². The van der Waals surface area contributed by atoms with Gasteiger partial charge in [0.2, 0.25) is 0 Å². The SMILES string of the molecule is N=c1c2ncn([C@@H]3C[C@H](COC(=O)c4ccccc4)[C@H]3COC(=O)c3ccccc3)c2ncn1N. The van der Waals surface area contributed by atoms with Crippen molar-refractivity contribution in [3.05, 3.63) is 89.9 Å². The van der Waals surface area contributed by atoms with Crippen LogP contribution in [0.15, 0.2) is 73.3 Å². The summed E-state index contributed by atoms with van der Waals surface area (Å²) in [7, 11) is 0. The molecule has 0 unspecified atom stereocenters. The third-order valence-electron chi connectivity index (χ3n) is 6.41. The van der Waals surface area contributed by atoms with Crippen LogP contribution in [0.4, 0.5) is 0 Å². The molecule has 0 bridgehead atoms. The highest BCUT2D eigenvalue weighted by Crippen LogP contribution is 2.45. The van der Waals surface area contributed by atoms with Crippen molar-refractivity contribution in [1.82, 2.24) is 19.2 Å². The van der Waals surface area contributed by atoms with Crippen molar-refractivity contribution < 1.29 is 19.1 Å². The molecule has 0 spiro atoms. The van der Waals surface area contributed by atoms with E-state index in [0.29, 0.717) is 28.7 Å². The molecule has 3 N–H and O–H groups in total. The van der Waals surface area contributed by atoms with Gasteiger partial charge in [-0.05, 0) is 30.7 Å². The number of imidazole rings is 1. The van der Waals surface area contributed by atoms with E-state index in [1.54, 1.807) is 54.9 Å². The first kappa shape index (κ1) is 22.3. The number of nitrogen functional groups attached to an aromatic ring is 1. The largest absolute Gasteiger partial charge is 0.462 e. The molecule has 2 aromatic carbocycles. The maximum absolute atomic E-state index is 12.6. The number of carbonyl (C=O) groups is 2. The molecule has 1 fully saturated rings. The lowest BCUT2D eigenvalue weighted by Crippen LogP contribution is -2.44. The van der Waals surface area contributed by atoms with Gasteiger partial charge in [0.1, 0.15) is 6.33 Å². The van der Waals surface area contributed by atoms with Crippen molar-refractivity contribution in [2.24, 2.45) is 11.8 Å². The number of ether oxygens (including phenoxy) is 2. The van der Waals surface area contributed by atoms with Crippen molar-refractivity contribution in [3.8, 4) is 0 Å². The molecule has 0 aliphatic heterocycles. The predicted molar refractivity (Wildman–Crippen MR) is 126 cm³/mol. The molecule has 1 aliphatic carbocycles. The lowest BCUT2D eigenvalue weighted by molar-refractivity contribution is -0.0308. The number of esters is 2. The summed E-state index contributed by atoms with van der Waals surface area (Å²) in [5, 5.41) is 8.13. The number of nitrogens with two attached hydrogens (primary N) is 1. The molecule has 0 saturated heterocycles. The maximum atomic E-state index is 12.6. The van der Waals surface area contributed by atoms with Gasteiger partial charge in [0.15, 0.2) is 16.7 Å². The number of hydrogen-bond donors (Lipinski definition) is 2. The summed E-state index contributed by atoms with van der Waals surface area (Å²) >= 11 is 0. The van der Waals surface area contributed by atoms with Gasteiger partial charge in [0.25, 0.3) is 0 Å². The van der Waals surface area contributed by atoms with Crippen LogP contribution in [-0.4, -0.2) is 44.4 Å². The molecular weight excluding hydrogens is 448 g/mol. The van der Waals surface area contributed by atoms with Crippen LogP contribution in [0.5, 0.6) is 0 Å². The average Bonchev–Trinajstić information content (AvgIpc) is 3.30. The lowest BCUT2D eigenvalue weighted by Gasteiger charge is -2.44. The van der Waals surface area contributed by atoms with E-state index in [4.69, 9.17) is 20.7 Å². The fraction of sp³-hybridized carbons (Fsp3) is 0.240. The summed E-state index contributed by atoms with van der Waals surface area (Å²) in [6.45, 7) is 0.341. The number of rotatable bonds is 7. The minimum Gasteiger partial charge on any atom is -0.462 e. The Balaban J connectivity index is 1.34. The summed E-state index contributed by atoms with van der Waals surface area (Å²) < 4.78 is 14.2. The van der Waals surface area contributed by atoms with Gasteiger partial charge in [-0.15, -0.1) is 0 Å². The van der Waals surface area contributed by atoms with E-state index < -0.39 is 11.9 Å². The van der Waals surface area contributed by atoms with Crippen molar-refractivity contribution in [2.45, 2.75) is 12.5 Å². The van der Waals surface area contributed by atoms with Gasteiger partial charge < -0.3 is 19.9 Å². The summed E-state index contributed by atoms with van der Waals surface area (Å²) in [4.78, 5) is 33.7. The number of fused-ring (bicyclic) bond motifs is 1. The normalized spacial score (nSPS) is 19.1. The second-order valence-corrected chi connectivity index (χ2v) is 8.48. The van der Waals surface area contributed by atoms with Gasteiger partial charge in [0, 0.05) is 17.9 Å². The smallest absolute Gasteiger partial charge is 0.338 e. The highest BCUT2D eigenvalue weighted by atomic mass is 16.5. The van der Waals surface area contributed by atoms with Crippen LogP contribution in [0.1, 0.15) is 33.2 Å². The quantitative estimate of drug-likeness (QED) is 0.311. The first-order chi connectivity index (χ1) is 17.0. The molecule has 0 amide bonds. The van der Waals surface area contributed by atoms with E-state index in [0.717, 1.165) is 4.68 Å². The van der Waals surface area contributed by atoms with Crippen LogP contribution in [0, 0.1) is 17.2 Å².